The first-order valence-corrected chi connectivity index (χ1v) is 6.95. The van der Waals surface area contributed by atoms with Crippen LogP contribution in [0, 0.1) is 0 Å². The highest BCUT2D eigenvalue weighted by Gasteiger charge is 2.40. The number of rotatable bonds is 1. The van der Waals surface area contributed by atoms with Crippen molar-refractivity contribution in [1.82, 2.24) is 0 Å². The van der Waals surface area contributed by atoms with Crippen molar-refractivity contribution in [3.8, 4) is 0 Å². The van der Waals surface area contributed by atoms with Crippen molar-refractivity contribution in [3.63, 3.8) is 0 Å². The molecule has 0 spiro atoms. The van der Waals surface area contributed by atoms with E-state index in [1.165, 1.54) is 16.8 Å². The molecule has 1 heterocycles. The van der Waals surface area contributed by atoms with E-state index in [4.69, 9.17) is 0 Å². The molecule has 0 bridgehead atoms. The van der Waals surface area contributed by atoms with Gasteiger partial charge in [-0.2, -0.15) is 0 Å². The normalized spacial score (nSPS) is 24.4. The zero-order valence-corrected chi connectivity index (χ0v) is 11.9. The zero-order valence-electron chi connectivity index (χ0n) is 11.9. The summed E-state index contributed by atoms with van der Waals surface area (Å²) < 4.78 is 0. The van der Waals surface area contributed by atoms with Crippen LogP contribution in [-0.2, 0) is 5.41 Å². The van der Waals surface area contributed by atoms with E-state index in [0.717, 1.165) is 6.42 Å². The molecule has 0 saturated heterocycles. The van der Waals surface area contributed by atoms with Gasteiger partial charge in [0.1, 0.15) is 0 Å². The summed E-state index contributed by atoms with van der Waals surface area (Å²) in [6.07, 6.45) is 1.10. The van der Waals surface area contributed by atoms with Gasteiger partial charge < -0.3 is 5.32 Å². The van der Waals surface area contributed by atoms with Crippen LogP contribution in [0.5, 0.6) is 0 Å². The van der Waals surface area contributed by atoms with Gasteiger partial charge in [-0.1, -0.05) is 55.5 Å². The molecular formula is C18H21N. The highest BCUT2D eigenvalue weighted by atomic mass is 15.0. The molecular weight excluding hydrogens is 230 g/mol. The first-order chi connectivity index (χ1) is 9.01. The van der Waals surface area contributed by atoms with E-state index in [1.54, 1.807) is 0 Å². The van der Waals surface area contributed by atoms with E-state index in [9.17, 15) is 0 Å². The fourth-order valence-electron chi connectivity index (χ4n) is 3.52. The van der Waals surface area contributed by atoms with Crippen LogP contribution in [0.3, 0.4) is 0 Å². The zero-order chi connectivity index (χ0) is 13.5. The summed E-state index contributed by atoms with van der Waals surface area (Å²) in [5.41, 5.74) is 4.26. The second-order valence-corrected chi connectivity index (χ2v) is 6.43. The molecule has 2 aromatic rings. The molecule has 0 amide bonds. The summed E-state index contributed by atoms with van der Waals surface area (Å²) >= 11 is 0. The SMILES string of the molecule is CC1(C)C[C@](C)(c2ccccc2)c2ccccc2N1. The van der Waals surface area contributed by atoms with Crippen LogP contribution in [0.15, 0.2) is 54.6 Å². The van der Waals surface area contributed by atoms with Gasteiger partial charge in [-0.15, -0.1) is 0 Å². The summed E-state index contributed by atoms with van der Waals surface area (Å²) in [5.74, 6) is 0. The molecule has 0 aromatic heterocycles. The fourth-order valence-corrected chi connectivity index (χ4v) is 3.52. The first-order valence-electron chi connectivity index (χ1n) is 6.95. The van der Waals surface area contributed by atoms with Crippen molar-refractivity contribution in [2.75, 3.05) is 5.32 Å². The number of benzene rings is 2. The molecule has 0 fully saturated rings. The van der Waals surface area contributed by atoms with E-state index in [2.05, 4.69) is 80.7 Å². The van der Waals surface area contributed by atoms with Gasteiger partial charge in [0.05, 0.1) is 0 Å². The van der Waals surface area contributed by atoms with Crippen molar-refractivity contribution < 1.29 is 0 Å². The van der Waals surface area contributed by atoms with Crippen LogP contribution in [0.25, 0.3) is 0 Å². The Kier molecular flexibility index (Phi) is 2.67. The number of para-hydroxylation sites is 1. The Morgan fingerprint density at radius 2 is 1.47 bits per heavy atom. The topological polar surface area (TPSA) is 12.0 Å². The maximum atomic E-state index is 3.66. The second kappa shape index (κ2) is 4.12. The lowest BCUT2D eigenvalue weighted by Crippen LogP contribution is -2.45. The second-order valence-electron chi connectivity index (χ2n) is 6.43. The van der Waals surface area contributed by atoms with E-state index in [-0.39, 0.29) is 11.0 Å². The predicted molar refractivity (Wildman–Crippen MR) is 81.7 cm³/mol. The van der Waals surface area contributed by atoms with Crippen LogP contribution in [0.2, 0.25) is 0 Å². The lowest BCUT2D eigenvalue weighted by Gasteiger charge is -2.45. The average Bonchev–Trinajstić information content (AvgIpc) is 2.38. The minimum Gasteiger partial charge on any atom is -0.380 e. The maximum Gasteiger partial charge on any atom is 0.0385 e. The monoisotopic (exact) mass is 251 g/mol. The maximum absolute atomic E-state index is 3.66. The van der Waals surface area contributed by atoms with Crippen molar-refractivity contribution in [2.45, 2.75) is 38.1 Å². The molecule has 1 nitrogen and oxygen atoms in total. The third kappa shape index (κ3) is 2.03. The van der Waals surface area contributed by atoms with E-state index in [0.29, 0.717) is 0 Å². The van der Waals surface area contributed by atoms with Crippen molar-refractivity contribution in [3.05, 3.63) is 65.7 Å². The standard InChI is InChI=1S/C18H21N/c1-17(2)13-18(3,14-9-5-4-6-10-14)15-11-7-8-12-16(15)19-17/h4-12,19H,13H2,1-3H3/t18-/m1/s1. The largest absolute Gasteiger partial charge is 0.380 e. The molecule has 1 N–H and O–H groups in total. The fraction of sp³-hybridized carbons (Fsp3) is 0.333. The smallest absolute Gasteiger partial charge is 0.0385 e. The highest BCUT2D eigenvalue weighted by molar-refractivity contribution is 5.62. The summed E-state index contributed by atoms with van der Waals surface area (Å²) in [6, 6.07) is 19.6. The predicted octanol–water partition coefficient (Wildman–Crippen LogP) is 4.59. The van der Waals surface area contributed by atoms with Crippen molar-refractivity contribution in [1.29, 1.82) is 0 Å². The molecule has 0 saturated carbocycles. The third-order valence-corrected chi connectivity index (χ3v) is 4.20. The Morgan fingerprint density at radius 1 is 0.842 bits per heavy atom. The van der Waals surface area contributed by atoms with Gasteiger partial charge in [-0.25, -0.2) is 0 Å². The highest BCUT2D eigenvalue weighted by Crippen LogP contribution is 2.46. The van der Waals surface area contributed by atoms with Gasteiger partial charge >= 0.3 is 0 Å². The van der Waals surface area contributed by atoms with Gasteiger partial charge in [-0.05, 0) is 37.5 Å². The molecule has 0 aliphatic carbocycles. The van der Waals surface area contributed by atoms with E-state index < -0.39 is 0 Å². The molecule has 1 heteroatoms. The van der Waals surface area contributed by atoms with Gasteiger partial charge in [0.2, 0.25) is 0 Å². The minimum atomic E-state index is 0.0760. The van der Waals surface area contributed by atoms with Gasteiger partial charge in [-0.3, -0.25) is 0 Å². The lowest BCUT2D eigenvalue weighted by molar-refractivity contribution is 0.378. The van der Waals surface area contributed by atoms with E-state index >= 15 is 0 Å². The molecule has 1 aliphatic rings. The van der Waals surface area contributed by atoms with Gasteiger partial charge in [0.25, 0.3) is 0 Å². The molecule has 1 atom stereocenters. The van der Waals surface area contributed by atoms with Crippen LogP contribution in [0.4, 0.5) is 5.69 Å². The Bertz CT molecular complexity index is 586. The summed E-state index contributed by atoms with van der Waals surface area (Å²) in [4.78, 5) is 0. The Balaban J connectivity index is 2.20. The van der Waals surface area contributed by atoms with Gasteiger partial charge in [0, 0.05) is 16.6 Å². The van der Waals surface area contributed by atoms with Crippen molar-refractivity contribution in [2.24, 2.45) is 0 Å². The summed E-state index contributed by atoms with van der Waals surface area (Å²) in [6.45, 7) is 6.93. The Labute approximate surface area is 115 Å². The Hall–Kier alpha value is -1.76. The van der Waals surface area contributed by atoms with Crippen molar-refractivity contribution >= 4 is 5.69 Å². The van der Waals surface area contributed by atoms with Crippen LogP contribution < -0.4 is 5.32 Å². The number of nitrogens with one attached hydrogen (secondary N) is 1. The number of fused-ring (bicyclic) bond motifs is 1. The molecule has 19 heavy (non-hydrogen) atoms. The molecule has 2 aromatic carbocycles. The molecule has 98 valence electrons. The van der Waals surface area contributed by atoms with Crippen LogP contribution in [-0.4, -0.2) is 5.54 Å². The lowest BCUT2D eigenvalue weighted by atomic mass is 9.66. The first kappa shape index (κ1) is 12.3. The summed E-state index contributed by atoms with van der Waals surface area (Å²) in [7, 11) is 0. The molecule has 0 unspecified atom stereocenters. The molecule has 0 radical (unpaired) electrons. The van der Waals surface area contributed by atoms with Crippen LogP contribution in [0.1, 0.15) is 38.3 Å². The van der Waals surface area contributed by atoms with Gasteiger partial charge in [0.15, 0.2) is 0 Å². The third-order valence-electron chi connectivity index (χ3n) is 4.20. The number of hydrogen-bond donors (Lipinski definition) is 1. The Morgan fingerprint density at radius 3 is 2.21 bits per heavy atom. The van der Waals surface area contributed by atoms with Crippen LogP contribution >= 0.6 is 0 Å². The number of hydrogen-bond acceptors (Lipinski definition) is 1. The molecule has 3 rings (SSSR count). The number of anilines is 1. The van der Waals surface area contributed by atoms with E-state index in [1.807, 2.05) is 0 Å². The molecule has 1 aliphatic heterocycles. The summed E-state index contributed by atoms with van der Waals surface area (Å²) in [5, 5.41) is 3.66. The quantitative estimate of drug-likeness (QED) is 0.782. The minimum absolute atomic E-state index is 0.0760. The average molecular weight is 251 g/mol.